The molecule has 0 saturated carbocycles. The van der Waals surface area contributed by atoms with Gasteiger partial charge in [0.05, 0.1) is 7.11 Å². The number of carbonyl (C=O) groups is 1. The normalized spacial score (nSPS) is 23.6. The average Bonchev–Trinajstić information content (AvgIpc) is 2.55. The summed E-state index contributed by atoms with van der Waals surface area (Å²) >= 11 is 0. The Hall–Kier alpha value is -2.37. The summed E-state index contributed by atoms with van der Waals surface area (Å²) in [5.74, 6) is 0.300. The van der Waals surface area contributed by atoms with Gasteiger partial charge in [-0.1, -0.05) is 30.3 Å². The Balaban J connectivity index is 2.20. The summed E-state index contributed by atoms with van der Waals surface area (Å²) in [7, 11) is 2.98. The van der Waals surface area contributed by atoms with Crippen LogP contribution in [0.5, 0.6) is 5.75 Å². The van der Waals surface area contributed by atoms with Gasteiger partial charge in [-0.05, 0) is 23.8 Å². The maximum absolute atomic E-state index is 12.3. The van der Waals surface area contributed by atoms with Gasteiger partial charge in [0, 0.05) is 18.4 Å². The van der Waals surface area contributed by atoms with Crippen LogP contribution >= 0.6 is 0 Å². The molecule has 5 nitrogen and oxygen atoms in total. The molecule has 2 N–H and O–H groups in total. The molecule has 1 heterocycles. The first-order chi connectivity index (χ1) is 10.6. The fourth-order valence-corrected chi connectivity index (χ4v) is 2.88. The number of rotatable bonds is 3. The van der Waals surface area contributed by atoms with Crippen LogP contribution in [0.2, 0.25) is 0 Å². The van der Waals surface area contributed by atoms with Crippen molar-refractivity contribution in [2.75, 3.05) is 19.5 Å². The van der Waals surface area contributed by atoms with Crippen LogP contribution in [0.3, 0.4) is 0 Å². The van der Waals surface area contributed by atoms with Crippen molar-refractivity contribution in [3.63, 3.8) is 0 Å². The molecule has 5 heteroatoms. The Morgan fingerprint density at radius 2 is 1.77 bits per heavy atom. The van der Waals surface area contributed by atoms with Gasteiger partial charge in [0.1, 0.15) is 5.75 Å². The molecule has 1 amide bonds. The van der Waals surface area contributed by atoms with E-state index in [0.29, 0.717) is 22.6 Å². The van der Waals surface area contributed by atoms with Crippen molar-refractivity contribution in [2.45, 2.75) is 11.7 Å². The average molecular weight is 299 g/mol. The van der Waals surface area contributed by atoms with Crippen molar-refractivity contribution in [3.8, 4) is 5.75 Å². The zero-order chi connectivity index (χ0) is 15.7. The van der Waals surface area contributed by atoms with Crippen LogP contribution in [0, 0.1) is 0 Å². The minimum Gasteiger partial charge on any atom is -0.497 e. The molecule has 0 spiro atoms. The first-order valence-electron chi connectivity index (χ1n) is 6.91. The molecule has 0 aromatic heterocycles. The lowest BCUT2D eigenvalue weighted by molar-refractivity contribution is -0.142. The summed E-state index contributed by atoms with van der Waals surface area (Å²) in [5.41, 5.74) is 0.202. The molecule has 2 atom stereocenters. The second-order valence-electron chi connectivity index (χ2n) is 5.15. The maximum Gasteiger partial charge on any atom is 0.257 e. The van der Waals surface area contributed by atoms with E-state index in [1.165, 1.54) is 7.11 Å². The van der Waals surface area contributed by atoms with Gasteiger partial charge < -0.3 is 19.9 Å². The summed E-state index contributed by atoms with van der Waals surface area (Å²) < 4.78 is 10.4. The van der Waals surface area contributed by atoms with Crippen LogP contribution in [0.15, 0.2) is 48.5 Å². The van der Waals surface area contributed by atoms with Crippen LogP contribution in [0.4, 0.5) is 5.69 Å². The number of hydrogen-bond acceptors (Lipinski definition) is 4. The third-order valence-corrected chi connectivity index (χ3v) is 3.98. The molecule has 0 bridgehead atoms. The number of para-hydroxylation sites is 1. The number of ether oxygens (including phenoxy) is 2. The van der Waals surface area contributed by atoms with Gasteiger partial charge >= 0.3 is 0 Å². The van der Waals surface area contributed by atoms with Gasteiger partial charge in [-0.15, -0.1) is 0 Å². The van der Waals surface area contributed by atoms with E-state index in [0.717, 1.165) is 0 Å². The predicted molar refractivity (Wildman–Crippen MR) is 81.9 cm³/mol. The van der Waals surface area contributed by atoms with Crippen LogP contribution in [-0.4, -0.2) is 31.3 Å². The third kappa shape index (κ3) is 2.06. The van der Waals surface area contributed by atoms with E-state index < -0.39 is 11.7 Å². The Morgan fingerprint density at radius 3 is 2.41 bits per heavy atom. The van der Waals surface area contributed by atoms with Crippen molar-refractivity contribution in [1.82, 2.24) is 0 Å². The van der Waals surface area contributed by atoms with Crippen molar-refractivity contribution >= 4 is 11.6 Å². The highest BCUT2D eigenvalue weighted by atomic mass is 16.5. The van der Waals surface area contributed by atoms with Crippen LogP contribution < -0.4 is 10.1 Å². The molecular weight excluding hydrogens is 282 g/mol. The second kappa shape index (κ2) is 5.44. The second-order valence-corrected chi connectivity index (χ2v) is 5.15. The number of carbonyl (C=O) groups excluding carboxylic acids is 1. The lowest BCUT2D eigenvalue weighted by Gasteiger charge is -2.40. The first kappa shape index (κ1) is 14.6. The lowest BCUT2D eigenvalue weighted by Crippen LogP contribution is -2.52. The number of nitrogens with one attached hydrogen (secondary N) is 1. The molecule has 0 radical (unpaired) electrons. The Labute approximate surface area is 128 Å². The topological polar surface area (TPSA) is 67.8 Å². The van der Waals surface area contributed by atoms with E-state index in [1.807, 2.05) is 6.07 Å². The quantitative estimate of drug-likeness (QED) is 0.908. The lowest BCUT2D eigenvalue weighted by atomic mass is 9.78. The zero-order valence-corrected chi connectivity index (χ0v) is 12.4. The number of benzene rings is 2. The minimum absolute atomic E-state index is 0.375. The first-order valence-corrected chi connectivity index (χ1v) is 6.91. The summed E-state index contributed by atoms with van der Waals surface area (Å²) in [6, 6.07) is 14.1. The van der Waals surface area contributed by atoms with Gasteiger partial charge in [-0.3, -0.25) is 4.79 Å². The van der Waals surface area contributed by atoms with Gasteiger partial charge in [0.25, 0.3) is 5.91 Å². The van der Waals surface area contributed by atoms with Gasteiger partial charge in [0.15, 0.2) is 11.7 Å². The molecule has 2 aromatic rings. The van der Waals surface area contributed by atoms with E-state index in [-0.39, 0.29) is 5.91 Å². The molecule has 22 heavy (non-hydrogen) atoms. The molecule has 0 saturated heterocycles. The van der Waals surface area contributed by atoms with Crippen LogP contribution in [-0.2, 0) is 15.1 Å². The zero-order valence-electron chi connectivity index (χ0n) is 12.4. The molecule has 0 aliphatic carbocycles. The highest BCUT2D eigenvalue weighted by Crippen LogP contribution is 2.42. The number of aliphatic hydroxyl groups is 1. The summed E-state index contributed by atoms with van der Waals surface area (Å²) in [4.78, 5) is 12.3. The van der Waals surface area contributed by atoms with E-state index in [1.54, 1.807) is 49.6 Å². The molecular formula is C17H17NO4. The van der Waals surface area contributed by atoms with E-state index in [4.69, 9.17) is 9.47 Å². The van der Waals surface area contributed by atoms with Gasteiger partial charge in [-0.2, -0.15) is 0 Å². The molecule has 0 fully saturated rings. The fourth-order valence-electron chi connectivity index (χ4n) is 2.88. The third-order valence-electron chi connectivity index (χ3n) is 3.98. The van der Waals surface area contributed by atoms with Crippen LogP contribution in [0.1, 0.15) is 11.1 Å². The monoisotopic (exact) mass is 299 g/mol. The molecule has 2 aromatic carbocycles. The largest absolute Gasteiger partial charge is 0.497 e. The Morgan fingerprint density at radius 1 is 1.09 bits per heavy atom. The number of methoxy groups -OCH3 is 2. The maximum atomic E-state index is 12.3. The molecule has 1 aliphatic rings. The Bertz CT molecular complexity index is 698. The standard InChI is InChI=1S/C17H17NO4/c1-21-12-9-7-11(8-10-12)17(20)13-5-3-4-6-14(13)18-16(19)15(17)22-2/h3-10,15,20H,1-2H3,(H,18,19). The van der Waals surface area contributed by atoms with Gasteiger partial charge in [0.2, 0.25) is 0 Å². The highest BCUT2D eigenvalue weighted by molar-refractivity contribution is 5.99. The number of hydrogen-bond donors (Lipinski definition) is 2. The van der Waals surface area contributed by atoms with Crippen molar-refractivity contribution in [2.24, 2.45) is 0 Å². The van der Waals surface area contributed by atoms with Crippen molar-refractivity contribution in [1.29, 1.82) is 0 Å². The highest BCUT2D eigenvalue weighted by Gasteiger charge is 2.49. The number of fused-ring (bicyclic) bond motifs is 1. The smallest absolute Gasteiger partial charge is 0.257 e. The SMILES string of the molecule is COc1ccc(C2(O)c3ccccc3NC(=O)C2OC)cc1. The molecule has 2 unspecified atom stereocenters. The molecule has 3 rings (SSSR count). The summed E-state index contributed by atoms with van der Waals surface area (Å²) in [6.45, 7) is 0. The predicted octanol–water partition coefficient (Wildman–Crippen LogP) is 1.90. The summed E-state index contributed by atoms with van der Waals surface area (Å²) in [5, 5.41) is 14.1. The Kier molecular flexibility index (Phi) is 3.60. The van der Waals surface area contributed by atoms with Crippen molar-refractivity contribution in [3.05, 3.63) is 59.7 Å². The van der Waals surface area contributed by atoms with Crippen LogP contribution in [0.25, 0.3) is 0 Å². The van der Waals surface area contributed by atoms with E-state index in [2.05, 4.69) is 5.32 Å². The fraction of sp³-hybridized carbons (Fsp3) is 0.235. The number of anilines is 1. The summed E-state index contributed by atoms with van der Waals surface area (Å²) in [6.07, 6.45) is -1.03. The van der Waals surface area contributed by atoms with E-state index in [9.17, 15) is 9.90 Å². The number of amides is 1. The van der Waals surface area contributed by atoms with E-state index >= 15 is 0 Å². The molecule has 114 valence electrons. The van der Waals surface area contributed by atoms with Gasteiger partial charge in [-0.25, -0.2) is 0 Å². The molecule has 1 aliphatic heterocycles. The van der Waals surface area contributed by atoms with Crippen molar-refractivity contribution < 1.29 is 19.4 Å². The minimum atomic E-state index is -1.56.